The molecule has 0 saturated carbocycles. The number of nitrogens with zero attached hydrogens (tertiary/aromatic N) is 2. The first-order valence-electron chi connectivity index (χ1n) is 7.14. The molecule has 0 atom stereocenters. The number of rotatable bonds is 5. The fourth-order valence-electron chi connectivity index (χ4n) is 2.38. The molecule has 108 valence electrons. The summed E-state index contributed by atoms with van der Waals surface area (Å²) < 4.78 is 0. The summed E-state index contributed by atoms with van der Waals surface area (Å²) in [6, 6.07) is 7.16. The lowest BCUT2D eigenvalue weighted by Gasteiger charge is -2.33. The van der Waals surface area contributed by atoms with Crippen molar-refractivity contribution in [2.45, 2.75) is 13.3 Å². The number of hydrogen-bond acceptors (Lipinski definition) is 3. The molecular weight excluding hydrogens is 272 g/mol. The quantitative estimate of drug-likeness (QED) is 0.615. The summed E-state index contributed by atoms with van der Waals surface area (Å²) >= 11 is 6.02. The number of allylic oxidation sites excluding steroid dienone is 1. The maximum atomic E-state index is 12.1. The first kappa shape index (κ1) is 15.1. The van der Waals surface area contributed by atoms with E-state index in [9.17, 15) is 4.79 Å². The van der Waals surface area contributed by atoms with Crippen LogP contribution in [0.25, 0.3) is 0 Å². The van der Waals surface area contributed by atoms with Crippen LogP contribution in [0, 0.1) is 0 Å². The predicted molar refractivity (Wildman–Crippen MR) is 83.2 cm³/mol. The number of carbonyl (C=O) groups is 1. The Labute approximate surface area is 125 Å². The number of carbonyl (C=O) groups excluding carboxylic acids is 1. The van der Waals surface area contributed by atoms with E-state index in [0.717, 1.165) is 32.7 Å². The zero-order chi connectivity index (χ0) is 14.4. The van der Waals surface area contributed by atoms with Crippen LogP contribution in [0.5, 0.6) is 0 Å². The average Bonchev–Trinajstić information content (AvgIpc) is 2.47. The van der Waals surface area contributed by atoms with Gasteiger partial charge in [0.05, 0.1) is 5.02 Å². The van der Waals surface area contributed by atoms with Crippen molar-refractivity contribution in [3.63, 3.8) is 0 Å². The normalized spacial score (nSPS) is 16.8. The lowest BCUT2D eigenvalue weighted by molar-refractivity contribution is 0.104. The number of benzene rings is 1. The minimum Gasteiger partial charge on any atom is -0.375 e. The van der Waals surface area contributed by atoms with Gasteiger partial charge in [-0.1, -0.05) is 30.7 Å². The van der Waals surface area contributed by atoms with Crippen LogP contribution in [0.1, 0.15) is 23.7 Å². The first-order valence-corrected chi connectivity index (χ1v) is 7.52. The molecule has 20 heavy (non-hydrogen) atoms. The van der Waals surface area contributed by atoms with Crippen LogP contribution < -0.4 is 0 Å². The Kier molecular flexibility index (Phi) is 5.62. The molecule has 0 radical (unpaired) electrons. The van der Waals surface area contributed by atoms with Crippen molar-refractivity contribution in [2.24, 2.45) is 0 Å². The van der Waals surface area contributed by atoms with Gasteiger partial charge in [0, 0.05) is 44.0 Å². The van der Waals surface area contributed by atoms with Gasteiger partial charge in [0.25, 0.3) is 0 Å². The number of piperazine rings is 1. The van der Waals surface area contributed by atoms with E-state index < -0.39 is 0 Å². The third-order valence-electron chi connectivity index (χ3n) is 3.52. The molecule has 3 nitrogen and oxygen atoms in total. The van der Waals surface area contributed by atoms with Crippen molar-refractivity contribution in [3.8, 4) is 0 Å². The Morgan fingerprint density at radius 3 is 2.60 bits per heavy atom. The van der Waals surface area contributed by atoms with Crippen molar-refractivity contribution in [1.82, 2.24) is 9.80 Å². The van der Waals surface area contributed by atoms with Gasteiger partial charge in [-0.05, 0) is 25.1 Å². The molecule has 0 aliphatic carbocycles. The minimum atomic E-state index is -0.0356. The van der Waals surface area contributed by atoms with Gasteiger partial charge in [0.1, 0.15) is 0 Å². The van der Waals surface area contributed by atoms with Gasteiger partial charge in [-0.2, -0.15) is 0 Å². The second kappa shape index (κ2) is 7.46. The first-order chi connectivity index (χ1) is 9.70. The Morgan fingerprint density at radius 1 is 1.25 bits per heavy atom. The lowest BCUT2D eigenvalue weighted by Crippen LogP contribution is -2.44. The van der Waals surface area contributed by atoms with Crippen molar-refractivity contribution < 1.29 is 4.79 Å². The molecule has 2 rings (SSSR count). The van der Waals surface area contributed by atoms with Crippen molar-refractivity contribution >= 4 is 17.4 Å². The Morgan fingerprint density at radius 2 is 1.95 bits per heavy atom. The molecule has 0 amide bonds. The van der Waals surface area contributed by atoms with Crippen LogP contribution in [-0.2, 0) is 0 Å². The molecule has 1 saturated heterocycles. The van der Waals surface area contributed by atoms with Gasteiger partial charge in [-0.25, -0.2) is 0 Å². The van der Waals surface area contributed by atoms with E-state index in [-0.39, 0.29) is 5.78 Å². The van der Waals surface area contributed by atoms with E-state index in [4.69, 9.17) is 11.6 Å². The monoisotopic (exact) mass is 292 g/mol. The van der Waals surface area contributed by atoms with E-state index >= 15 is 0 Å². The Balaban J connectivity index is 1.88. The van der Waals surface area contributed by atoms with Crippen LogP contribution in [0.15, 0.2) is 36.5 Å². The standard InChI is InChI=1S/C16H21ClN2O/c1-2-8-18-10-12-19(13-11-18)9-7-16(20)14-5-3-4-6-15(14)17/h3-7,9H,2,8,10-13H2,1H3. The summed E-state index contributed by atoms with van der Waals surface area (Å²) in [5.74, 6) is -0.0356. The molecule has 1 aromatic rings. The number of halogens is 1. The average molecular weight is 293 g/mol. The van der Waals surface area contributed by atoms with Crippen molar-refractivity contribution in [2.75, 3.05) is 32.7 Å². The highest BCUT2D eigenvalue weighted by Gasteiger charge is 2.13. The highest BCUT2D eigenvalue weighted by Crippen LogP contribution is 2.16. The highest BCUT2D eigenvalue weighted by atomic mass is 35.5. The van der Waals surface area contributed by atoms with E-state index in [2.05, 4.69) is 16.7 Å². The molecule has 0 aromatic heterocycles. The highest BCUT2D eigenvalue weighted by molar-refractivity contribution is 6.34. The molecule has 1 heterocycles. The maximum absolute atomic E-state index is 12.1. The van der Waals surface area contributed by atoms with Gasteiger partial charge in [-0.3, -0.25) is 9.69 Å². The molecule has 1 aliphatic rings. The van der Waals surface area contributed by atoms with E-state index in [1.807, 2.05) is 18.3 Å². The van der Waals surface area contributed by atoms with Gasteiger partial charge in [0.15, 0.2) is 5.78 Å². The Bertz CT molecular complexity index is 479. The van der Waals surface area contributed by atoms with Crippen LogP contribution in [0.3, 0.4) is 0 Å². The molecule has 0 N–H and O–H groups in total. The number of ketones is 1. The van der Waals surface area contributed by atoms with E-state index in [1.54, 1.807) is 18.2 Å². The molecule has 4 heteroatoms. The van der Waals surface area contributed by atoms with E-state index in [0.29, 0.717) is 10.6 Å². The molecular formula is C16H21ClN2O. The SMILES string of the molecule is CCCN1CCN(C=CC(=O)c2ccccc2Cl)CC1. The summed E-state index contributed by atoms with van der Waals surface area (Å²) in [6.45, 7) is 7.46. The van der Waals surface area contributed by atoms with Gasteiger partial charge in [-0.15, -0.1) is 0 Å². The van der Waals surface area contributed by atoms with Crippen LogP contribution in [-0.4, -0.2) is 48.3 Å². The van der Waals surface area contributed by atoms with Crippen molar-refractivity contribution in [1.29, 1.82) is 0 Å². The molecule has 0 spiro atoms. The molecule has 1 aliphatic heterocycles. The third kappa shape index (κ3) is 4.09. The Hall–Kier alpha value is -1.32. The van der Waals surface area contributed by atoms with Crippen LogP contribution in [0.2, 0.25) is 5.02 Å². The molecule has 1 fully saturated rings. The van der Waals surface area contributed by atoms with Crippen molar-refractivity contribution in [3.05, 3.63) is 47.1 Å². The molecule has 0 unspecified atom stereocenters. The van der Waals surface area contributed by atoms with E-state index in [1.165, 1.54) is 6.42 Å². The zero-order valence-electron chi connectivity index (χ0n) is 11.9. The summed E-state index contributed by atoms with van der Waals surface area (Å²) in [7, 11) is 0. The minimum absolute atomic E-state index is 0.0356. The second-order valence-corrected chi connectivity index (χ2v) is 5.44. The summed E-state index contributed by atoms with van der Waals surface area (Å²) in [5.41, 5.74) is 0.565. The molecule has 0 bridgehead atoms. The fourth-order valence-corrected chi connectivity index (χ4v) is 2.61. The fraction of sp³-hybridized carbons (Fsp3) is 0.438. The smallest absolute Gasteiger partial charge is 0.188 e. The van der Waals surface area contributed by atoms with Gasteiger partial charge in [0.2, 0.25) is 0 Å². The summed E-state index contributed by atoms with van der Waals surface area (Å²) in [6.07, 6.45) is 4.71. The zero-order valence-corrected chi connectivity index (χ0v) is 12.6. The van der Waals surface area contributed by atoms with Crippen LogP contribution in [0.4, 0.5) is 0 Å². The topological polar surface area (TPSA) is 23.6 Å². The second-order valence-electron chi connectivity index (χ2n) is 5.04. The van der Waals surface area contributed by atoms with Crippen LogP contribution >= 0.6 is 11.6 Å². The lowest BCUT2D eigenvalue weighted by atomic mass is 10.1. The van der Waals surface area contributed by atoms with Gasteiger partial charge < -0.3 is 4.90 Å². The molecule has 1 aromatic carbocycles. The van der Waals surface area contributed by atoms with Gasteiger partial charge >= 0.3 is 0 Å². The predicted octanol–water partition coefficient (Wildman–Crippen LogP) is 3.06. The maximum Gasteiger partial charge on any atom is 0.188 e. The third-order valence-corrected chi connectivity index (χ3v) is 3.85. The summed E-state index contributed by atoms with van der Waals surface area (Å²) in [5, 5.41) is 0.509. The largest absolute Gasteiger partial charge is 0.375 e. The summed E-state index contributed by atoms with van der Waals surface area (Å²) in [4.78, 5) is 16.7. The number of hydrogen-bond donors (Lipinski definition) is 0.